The number of rotatable bonds is 34. The molecule has 356 valence electrons. The number of benzene rings is 1. The van der Waals surface area contributed by atoms with E-state index in [1.807, 2.05) is 0 Å². The maximum atomic E-state index is 14.5. The van der Waals surface area contributed by atoms with Gasteiger partial charge in [-0.1, -0.05) is 163 Å². The van der Waals surface area contributed by atoms with Gasteiger partial charge in [0.2, 0.25) is 0 Å². The molecule has 1 rings (SSSR count). The number of unbranched alkanes of at least 4 members (excludes halogenated alkanes) is 7. The third-order valence-corrected chi connectivity index (χ3v) is 32.7. The molecule has 0 aliphatic heterocycles. The van der Waals surface area contributed by atoms with E-state index in [1.54, 1.807) is 25.3 Å². The third kappa shape index (κ3) is 15.7. The van der Waals surface area contributed by atoms with Crippen molar-refractivity contribution in [3.8, 4) is 11.5 Å². The van der Waals surface area contributed by atoms with Crippen molar-refractivity contribution in [2.45, 2.75) is 239 Å². The van der Waals surface area contributed by atoms with E-state index < -0.39 is 30.4 Å². The number of ether oxygens (including phenoxy) is 2. The van der Waals surface area contributed by atoms with Crippen LogP contribution in [0.5, 0.6) is 11.5 Å². The van der Waals surface area contributed by atoms with Crippen molar-refractivity contribution in [3.63, 3.8) is 0 Å². The maximum absolute atomic E-state index is 14.5. The highest BCUT2D eigenvalue weighted by molar-refractivity contribution is 6.78. The number of hydrogen-bond donors (Lipinski definition) is 0. The lowest BCUT2D eigenvalue weighted by molar-refractivity contribution is -0.124. The highest BCUT2D eigenvalue weighted by Gasteiger charge is 2.52. The lowest BCUT2D eigenvalue weighted by Crippen LogP contribution is -2.56. The largest absolute Gasteiger partial charge is 0.497 e. The molecule has 1 aromatic rings. The quantitative estimate of drug-likeness (QED) is 0.0387. The zero-order valence-corrected chi connectivity index (χ0v) is 46.3. The smallest absolute Gasteiger partial charge is 0.200 e. The van der Waals surface area contributed by atoms with Crippen LogP contribution in [0.15, 0.2) is 18.2 Å². The maximum Gasteiger partial charge on any atom is 0.200 e. The molecule has 0 aliphatic carbocycles. The average molecular weight is 908 g/mol. The fraction of sp³-hybridized carbons (Fsp3) is 0.843. The van der Waals surface area contributed by atoms with Gasteiger partial charge in [-0.3, -0.25) is 9.59 Å². The molecule has 0 bridgehead atoms. The van der Waals surface area contributed by atoms with Crippen LogP contribution in [0.3, 0.4) is 0 Å². The topological polar surface area (TPSA) is 80.3 Å². The summed E-state index contributed by atoms with van der Waals surface area (Å²) in [7, 11) is -5.20. The molecule has 0 atom stereocenters. The zero-order valence-electron chi connectivity index (χ0n) is 43.3. The number of ketones is 1. The molecule has 0 amide bonds. The second kappa shape index (κ2) is 27.2. The first kappa shape index (κ1) is 57.7. The first-order chi connectivity index (χ1) is 28.5. The standard InChI is InChI=1S/C51H98O7Si3/c1-38(2)59(39(3)4,40(5)6)56-35-51(36-57-60(41(7)8,42(9)10)43(11)12,37-58-61(44(13)14,45(15)16)46(17)18)33-48(53)28-26-24-22-20-21-23-25-27-31-55-50-32-49(54-19)30-29-47(50)34-52/h29-30,32,34,38-46H,20-28,31,33,35-37H2,1-19H3. The van der Waals surface area contributed by atoms with Crippen LogP contribution in [-0.4, -0.2) is 70.6 Å². The van der Waals surface area contributed by atoms with Gasteiger partial charge in [-0.05, 0) is 74.8 Å². The van der Waals surface area contributed by atoms with E-state index in [1.165, 1.54) is 12.8 Å². The number of Topliss-reactive ketones (excluding diaryl/α,β-unsaturated/α-hetero) is 1. The minimum Gasteiger partial charge on any atom is -0.497 e. The van der Waals surface area contributed by atoms with Crippen LogP contribution in [0.2, 0.25) is 49.9 Å². The summed E-state index contributed by atoms with van der Waals surface area (Å²) in [4.78, 5) is 25.9. The normalized spacial score (nSPS) is 13.4. The van der Waals surface area contributed by atoms with Crippen molar-refractivity contribution in [3.05, 3.63) is 23.8 Å². The van der Waals surface area contributed by atoms with Gasteiger partial charge in [0.25, 0.3) is 0 Å². The van der Waals surface area contributed by atoms with Gasteiger partial charge in [0, 0.05) is 44.1 Å². The molecule has 0 spiro atoms. The molecule has 0 radical (unpaired) electrons. The van der Waals surface area contributed by atoms with Crippen LogP contribution >= 0.6 is 0 Å². The van der Waals surface area contributed by atoms with Crippen LogP contribution in [0.1, 0.15) is 199 Å². The average Bonchev–Trinajstić information content (AvgIpc) is 3.16. The Balaban J connectivity index is 3.28. The molecule has 7 nitrogen and oxygen atoms in total. The summed E-state index contributed by atoms with van der Waals surface area (Å²) < 4.78 is 33.9. The SMILES string of the molecule is COc1ccc(C=O)c(OCCCCCCCCCCC(=O)CC(CO[Si](C(C)C)(C(C)C)C(C)C)(CO[Si](C(C)C)(C(C)C)C(C)C)CO[Si](C(C)C)(C(C)C)C(C)C)c1. The van der Waals surface area contributed by atoms with Crippen molar-refractivity contribution < 1.29 is 32.3 Å². The zero-order chi connectivity index (χ0) is 46.8. The highest BCUT2D eigenvalue weighted by Crippen LogP contribution is 2.48. The summed E-state index contributed by atoms with van der Waals surface area (Å²) in [6, 6.07) is 5.29. The fourth-order valence-corrected chi connectivity index (χ4v) is 28.3. The Morgan fingerprint density at radius 2 is 0.885 bits per heavy atom. The molecule has 1 aromatic carbocycles. The molecule has 61 heavy (non-hydrogen) atoms. The summed E-state index contributed by atoms with van der Waals surface area (Å²) >= 11 is 0. The molecular weight excluding hydrogens is 809 g/mol. The molecular formula is C51H98O7Si3. The van der Waals surface area contributed by atoms with Crippen molar-refractivity contribution >= 4 is 37.0 Å². The first-order valence-electron chi connectivity index (χ1n) is 24.7. The Labute approximate surface area is 380 Å². The van der Waals surface area contributed by atoms with Gasteiger partial charge in [-0.25, -0.2) is 0 Å². The predicted octanol–water partition coefficient (Wildman–Crippen LogP) is 15.9. The number of methoxy groups -OCH3 is 1. The lowest BCUT2D eigenvalue weighted by atomic mass is 9.84. The molecule has 0 heterocycles. The fourth-order valence-electron chi connectivity index (χ4n) is 11.7. The van der Waals surface area contributed by atoms with Crippen LogP contribution < -0.4 is 9.47 Å². The van der Waals surface area contributed by atoms with Gasteiger partial charge in [0.05, 0.1) is 19.3 Å². The summed E-state index contributed by atoms with van der Waals surface area (Å²) in [5, 5.41) is 0. The molecule has 0 N–H and O–H groups in total. The van der Waals surface area contributed by atoms with E-state index in [-0.39, 0.29) is 0 Å². The van der Waals surface area contributed by atoms with Crippen LogP contribution in [-0.2, 0) is 18.1 Å². The monoisotopic (exact) mass is 907 g/mol. The van der Waals surface area contributed by atoms with Gasteiger partial charge in [-0.2, -0.15) is 0 Å². The molecule has 0 aliphatic rings. The summed E-state index contributed by atoms with van der Waals surface area (Å²) in [5.41, 5.74) is 3.96. The number of carbonyl (C=O) groups excluding carboxylic acids is 2. The number of hydrogen-bond acceptors (Lipinski definition) is 7. The molecule has 0 saturated heterocycles. The Hall–Kier alpha value is -1.31. The molecule has 0 fully saturated rings. The van der Waals surface area contributed by atoms with E-state index in [2.05, 4.69) is 125 Å². The highest BCUT2D eigenvalue weighted by atomic mass is 28.4. The van der Waals surface area contributed by atoms with E-state index in [0.717, 1.165) is 44.8 Å². The summed E-state index contributed by atoms with van der Waals surface area (Å²) in [6.45, 7) is 44.6. The molecule has 0 saturated carbocycles. The Kier molecular flexibility index (Phi) is 25.8. The van der Waals surface area contributed by atoms with Gasteiger partial charge < -0.3 is 22.8 Å². The number of aldehydes is 1. The van der Waals surface area contributed by atoms with Crippen LogP contribution in [0.4, 0.5) is 0 Å². The summed E-state index contributed by atoms with van der Waals surface area (Å²) in [6.07, 6.45) is 10.5. The van der Waals surface area contributed by atoms with E-state index in [0.29, 0.717) is 112 Å². The second-order valence-electron chi connectivity index (χ2n) is 21.5. The van der Waals surface area contributed by atoms with Crippen molar-refractivity contribution in [1.82, 2.24) is 0 Å². The van der Waals surface area contributed by atoms with Crippen LogP contribution in [0, 0.1) is 5.41 Å². The van der Waals surface area contributed by atoms with Gasteiger partial charge in [0.1, 0.15) is 17.3 Å². The third-order valence-electron chi connectivity index (χ3n) is 14.5. The van der Waals surface area contributed by atoms with Gasteiger partial charge in [0.15, 0.2) is 31.2 Å². The first-order valence-corrected chi connectivity index (χ1v) is 31.1. The van der Waals surface area contributed by atoms with E-state index in [4.69, 9.17) is 22.8 Å². The lowest BCUT2D eigenvalue weighted by Gasteiger charge is -2.49. The minimum atomic E-state index is -2.27. The Morgan fingerprint density at radius 3 is 1.21 bits per heavy atom. The number of carbonyl (C=O) groups is 2. The van der Waals surface area contributed by atoms with Crippen LogP contribution in [0.25, 0.3) is 0 Å². The van der Waals surface area contributed by atoms with Crippen molar-refractivity contribution in [2.75, 3.05) is 33.5 Å². The molecule has 10 heteroatoms. The summed E-state index contributed by atoms with van der Waals surface area (Å²) in [5.74, 6) is 1.59. The Morgan fingerprint density at radius 1 is 0.541 bits per heavy atom. The van der Waals surface area contributed by atoms with E-state index in [9.17, 15) is 9.59 Å². The van der Waals surface area contributed by atoms with E-state index >= 15 is 0 Å². The molecule has 0 unspecified atom stereocenters. The van der Waals surface area contributed by atoms with Crippen molar-refractivity contribution in [2.24, 2.45) is 5.41 Å². The van der Waals surface area contributed by atoms with Gasteiger partial charge >= 0.3 is 0 Å². The second-order valence-corrected chi connectivity index (χ2v) is 37.9. The predicted molar refractivity (Wildman–Crippen MR) is 268 cm³/mol. The minimum absolute atomic E-state index is 0.326. The Bertz CT molecular complexity index is 1230. The van der Waals surface area contributed by atoms with Gasteiger partial charge in [-0.15, -0.1) is 0 Å². The van der Waals surface area contributed by atoms with Crippen molar-refractivity contribution in [1.29, 1.82) is 0 Å². The molecule has 0 aromatic heterocycles.